The number of para-hydroxylation sites is 2. The van der Waals surface area contributed by atoms with Crippen LogP contribution in [0.25, 0.3) is 11.0 Å². The van der Waals surface area contributed by atoms with Crippen molar-refractivity contribution < 1.29 is 22.7 Å². The van der Waals surface area contributed by atoms with Gasteiger partial charge in [0.1, 0.15) is 18.2 Å². The fraction of sp³-hybridized carbons (Fsp3) is 0.231. The summed E-state index contributed by atoms with van der Waals surface area (Å²) in [7, 11) is 0. The molecule has 1 atom stereocenters. The van der Waals surface area contributed by atoms with Crippen molar-refractivity contribution >= 4 is 34.2 Å². The predicted molar refractivity (Wildman–Crippen MR) is 128 cm³/mol. The monoisotopic (exact) mass is 499 g/mol. The van der Waals surface area contributed by atoms with Crippen molar-refractivity contribution in [1.29, 1.82) is 0 Å². The van der Waals surface area contributed by atoms with Gasteiger partial charge >= 0.3 is 6.18 Å². The van der Waals surface area contributed by atoms with Crippen LogP contribution in [0.4, 0.5) is 18.9 Å². The number of rotatable bonds is 6. The van der Waals surface area contributed by atoms with Crippen molar-refractivity contribution in [2.75, 3.05) is 18.1 Å². The van der Waals surface area contributed by atoms with E-state index in [-0.39, 0.29) is 30.5 Å². The Morgan fingerprint density at radius 2 is 1.80 bits per heavy atom. The van der Waals surface area contributed by atoms with Crippen molar-refractivity contribution in [2.45, 2.75) is 25.1 Å². The highest BCUT2D eigenvalue weighted by atomic mass is 35.5. The number of alkyl halides is 3. The molecule has 1 aromatic heterocycles. The van der Waals surface area contributed by atoms with Gasteiger partial charge in [0.2, 0.25) is 5.91 Å². The molecule has 1 saturated heterocycles. The lowest BCUT2D eigenvalue weighted by Gasteiger charge is -2.19. The Bertz CT molecular complexity index is 1370. The molecule has 1 aliphatic heterocycles. The minimum Gasteiger partial charge on any atom is -0.492 e. The van der Waals surface area contributed by atoms with E-state index in [2.05, 4.69) is 0 Å². The highest BCUT2D eigenvalue weighted by Gasteiger charge is 2.36. The number of anilines is 1. The number of halogens is 4. The molecule has 0 bridgehead atoms. The Labute approximate surface area is 204 Å². The third-order valence-electron chi connectivity index (χ3n) is 6.06. The molecule has 9 heteroatoms. The van der Waals surface area contributed by atoms with Crippen molar-refractivity contribution in [2.24, 2.45) is 0 Å². The molecule has 5 rings (SSSR count). The fourth-order valence-electron chi connectivity index (χ4n) is 4.41. The lowest BCUT2D eigenvalue weighted by molar-refractivity contribution is -0.137. The Balaban J connectivity index is 1.39. The van der Waals surface area contributed by atoms with Crippen LogP contribution in [0.3, 0.4) is 0 Å². The van der Waals surface area contributed by atoms with Crippen LogP contribution in [0, 0.1) is 0 Å². The smallest absolute Gasteiger partial charge is 0.416 e. The second kappa shape index (κ2) is 9.26. The topological polar surface area (TPSA) is 47.4 Å². The molecule has 1 unspecified atom stereocenters. The third-order valence-corrected chi connectivity index (χ3v) is 6.31. The molecule has 1 fully saturated rings. The minimum absolute atomic E-state index is 0.164. The van der Waals surface area contributed by atoms with E-state index in [1.807, 2.05) is 28.8 Å². The first-order valence-electron chi connectivity index (χ1n) is 11.1. The zero-order valence-corrected chi connectivity index (χ0v) is 19.3. The van der Waals surface area contributed by atoms with Crippen LogP contribution in [0.2, 0.25) is 5.02 Å². The van der Waals surface area contributed by atoms with E-state index in [1.54, 1.807) is 24.3 Å². The predicted octanol–water partition coefficient (Wildman–Crippen LogP) is 6.31. The molecular formula is C26H21ClF3N3O2. The number of fused-ring (bicyclic) bond motifs is 1. The van der Waals surface area contributed by atoms with Crippen molar-refractivity contribution in [3.05, 3.63) is 89.2 Å². The van der Waals surface area contributed by atoms with Gasteiger partial charge in [-0.25, -0.2) is 4.98 Å². The average Bonchev–Trinajstić information content (AvgIpc) is 3.40. The average molecular weight is 500 g/mol. The quantitative estimate of drug-likeness (QED) is 0.312. The van der Waals surface area contributed by atoms with Gasteiger partial charge in [-0.3, -0.25) is 4.79 Å². The molecular weight excluding hydrogens is 479 g/mol. The number of nitrogens with zero attached hydrogens (tertiary/aromatic N) is 3. The van der Waals surface area contributed by atoms with Crippen molar-refractivity contribution in [1.82, 2.24) is 9.55 Å². The van der Waals surface area contributed by atoms with E-state index in [4.69, 9.17) is 21.3 Å². The number of hydrogen-bond acceptors (Lipinski definition) is 3. The summed E-state index contributed by atoms with van der Waals surface area (Å²) in [6.45, 7) is 1.11. The standard InChI is InChI=1S/C26H21ClF3N3O2/c27-19-8-10-21(11-9-19)35-13-12-32-23-7-2-1-6-22(23)31-25(32)17-14-24(34)33(16-17)20-5-3-4-18(15-20)26(28,29)30/h1-11,15,17H,12-14,16H2. The SMILES string of the molecule is O=C1CC(c2nc3ccccc3n2CCOc2ccc(Cl)cc2)CN1c1cccc(C(F)(F)F)c1. The summed E-state index contributed by atoms with van der Waals surface area (Å²) in [5.41, 5.74) is 1.16. The zero-order valence-electron chi connectivity index (χ0n) is 18.5. The summed E-state index contributed by atoms with van der Waals surface area (Å²) < 4.78 is 47.5. The van der Waals surface area contributed by atoms with Crippen LogP contribution in [0.1, 0.15) is 23.7 Å². The molecule has 35 heavy (non-hydrogen) atoms. The Hall–Kier alpha value is -3.52. The van der Waals surface area contributed by atoms with Gasteiger partial charge in [-0.05, 0) is 54.6 Å². The van der Waals surface area contributed by atoms with E-state index in [0.717, 1.165) is 23.2 Å². The lowest BCUT2D eigenvalue weighted by Crippen LogP contribution is -2.25. The number of hydrogen-bond donors (Lipinski definition) is 0. The molecule has 3 aromatic carbocycles. The van der Waals surface area contributed by atoms with E-state index >= 15 is 0 Å². The lowest BCUT2D eigenvalue weighted by atomic mass is 10.1. The number of carbonyl (C=O) groups excluding carboxylic acids is 1. The van der Waals surface area contributed by atoms with Gasteiger partial charge in [-0.2, -0.15) is 13.2 Å². The van der Waals surface area contributed by atoms with Crippen LogP contribution in [-0.4, -0.2) is 28.6 Å². The summed E-state index contributed by atoms with van der Waals surface area (Å²) >= 11 is 5.93. The zero-order chi connectivity index (χ0) is 24.6. The number of amides is 1. The molecule has 1 aliphatic rings. The van der Waals surface area contributed by atoms with Gasteiger partial charge in [0.05, 0.1) is 23.1 Å². The maximum atomic E-state index is 13.2. The largest absolute Gasteiger partial charge is 0.492 e. The molecule has 0 saturated carbocycles. The Morgan fingerprint density at radius 1 is 1.03 bits per heavy atom. The Kier molecular flexibility index (Phi) is 6.15. The van der Waals surface area contributed by atoms with Crippen LogP contribution in [-0.2, 0) is 17.5 Å². The molecule has 0 radical (unpaired) electrons. The number of imidazole rings is 1. The summed E-state index contributed by atoms with van der Waals surface area (Å²) in [5, 5.41) is 0.622. The fourth-order valence-corrected chi connectivity index (χ4v) is 4.53. The van der Waals surface area contributed by atoms with Crippen molar-refractivity contribution in [3.63, 3.8) is 0 Å². The van der Waals surface area contributed by atoms with E-state index < -0.39 is 11.7 Å². The normalized spacial score (nSPS) is 16.3. The third kappa shape index (κ3) is 4.84. The second-order valence-corrected chi connectivity index (χ2v) is 8.80. The van der Waals surface area contributed by atoms with Crippen LogP contribution in [0.5, 0.6) is 5.75 Å². The number of aromatic nitrogens is 2. The first kappa shape index (κ1) is 23.2. The van der Waals surface area contributed by atoms with Gasteiger partial charge in [-0.15, -0.1) is 0 Å². The molecule has 1 amide bonds. The highest BCUT2D eigenvalue weighted by Crippen LogP contribution is 2.36. The minimum atomic E-state index is -4.48. The summed E-state index contributed by atoms with van der Waals surface area (Å²) in [6.07, 6.45) is -4.31. The number of ether oxygens (including phenoxy) is 1. The van der Waals surface area contributed by atoms with Gasteiger partial charge in [0.15, 0.2) is 0 Å². The van der Waals surface area contributed by atoms with E-state index in [1.165, 1.54) is 17.0 Å². The van der Waals surface area contributed by atoms with Gasteiger partial charge in [0.25, 0.3) is 0 Å². The van der Waals surface area contributed by atoms with Gasteiger partial charge < -0.3 is 14.2 Å². The molecule has 0 N–H and O–H groups in total. The Morgan fingerprint density at radius 3 is 2.57 bits per heavy atom. The molecule has 0 aliphatic carbocycles. The first-order valence-corrected chi connectivity index (χ1v) is 11.5. The maximum absolute atomic E-state index is 13.2. The molecule has 180 valence electrons. The van der Waals surface area contributed by atoms with E-state index in [9.17, 15) is 18.0 Å². The maximum Gasteiger partial charge on any atom is 0.416 e. The van der Waals surface area contributed by atoms with Crippen LogP contribution in [0.15, 0.2) is 72.8 Å². The second-order valence-electron chi connectivity index (χ2n) is 8.37. The summed E-state index contributed by atoms with van der Waals surface area (Å²) in [6, 6.07) is 19.6. The molecule has 0 spiro atoms. The number of benzene rings is 3. The molecule has 2 heterocycles. The highest BCUT2D eigenvalue weighted by molar-refractivity contribution is 6.30. The van der Waals surface area contributed by atoms with Gasteiger partial charge in [0, 0.05) is 29.6 Å². The van der Waals surface area contributed by atoms with Crippen LogP contribution < -0.4 is 9.64 Å². The molecule has 4 aromatic rings. The first-order chi connectivity index (χ1) is 16.8. The van der Waals surface area contributed by atoms with Crippen molar-refractivity contribution in [3.8, 4) is 5.75 Å². The summed E-state index contributed by atoms with van der Waals surface area (Å²) in [4.78, 5) is 19.0. The van der Waals surface area contributed by atoms with Gasteiger partial charge in [-0.1, -0.05) is 29.8 Å². The molecule has 5 nitrogen and oxygen atoms in total. The number of carbonyl (C=O) groups is 1. The van der Waals surface area contributed by atoms with E-state index in [0.29, 0.717) is 29.7 Å². The summed E-state index contributed by atoms with van der Waals surface area (Å²) in [5.74, 6) is 0.909. The van der Waals surface area contributed by atoms with Crippen LogP contribution >= 0.6 is 11.6 Å².